The van der Waals surface area contributed by atoms with Crippen LogP contribution in [0.1, 0.15) is 17.5 Å². The molecule has 2 aliphatic heterocycles. The Labute approximate surface area is 156 Å². The molecule has 144 valence electrons. The van der Waals surface area contributed by atoms with Gasteiger partial charge in [0.1, 0.15) is 0 Å². The largest absolute Gasteiger partial charge is 0.369 e. The number of hydrogen-bond donors (Lipinski definition) is 0. The molecule has 3 rings (SSSR count). The molecule has 0 bridgehead atoms. The van der Waals surface area contributed by atoms with E-state index in [9.17, 15) is 13.2 Å². The van der Waals surface area contributed by atoms with Crippen LogP contribution in [0.2, 0.25) is 0 Å². The predicted molar refractivity (Wildman–Crippen MR) is 104 cm³/mol. The lowest BCUT2D eigenvalue weighted by Crippen LogP contribution is -2.51. The first-order valence-electron chi connectivity index (χ1n) is 9.26. The van der Waals surface area contributed by atoms with Crippen LogP contribution in [-0.4, -0.2) is 81.4 Å². The molecule has 1 atom stereocenters. The summed E-state index contributed by atoms with van der Waals surface area (Å²) >= 11 is 0. The number of rotatable bonds is 4. The zero-order valence-electron chi connectivity index (χ0n) is 15.9. The molecule has 0 saturated carbocycles. The van der Waals surface area contributed by atoms with Crippen LogP contribution in [0.3, 0.4) is 0 Å². The molecule has 2 heterocycles. The molecule has 1 unspecified atom stereocenters. The number of aryl methyl sites for hydroxylation is 1. The maximum absolute atomic E-state index is 12.5. The van der Waals surface area contributed by atoms with Crippen LogP contribution in [0.25, 0.3) is 0 Å². The van der Waals surface area contributed by atoms with Gasteiger partial charge in [0.15, 0.2) is 9.84 Å². The lowest BCUT2D eigenvalue weighted by atomic mass is 10.1. The number of anilines is 1. The Morgan fingerprint density at radius 3 is 2.50 bits per heavy atom. The standard InChI is InChI=1S/C19H29N3O3S/c1-15-5-4-6-18(16(15)2)22-10-8-21(9-11-22)13-19(23)20(3)17-7-12-26(24,25)14-17/h4-6,17H,7-14H2,1-3H3. The first-order valence-corrected chi connectivity index (χ1v) is 11.1. The summed E-state index contributed by atoms with van der Waals surface area (Å²) in [6.45, 7) is 8.15. The van der Waals surface area contributed by atoms with Crippen molar-refractivity contribution in [2.45, 2.75) is 26.3 Å². The van der Waals surface area contributed by atoms with Crippen molar-refractivity contribution in [2.75, 3.05) is 56.2 Å². The molecule has 0 spiro atoms. The fourth-order valence-corrected chi connectivity index (χ4v) is 5.59. The second-order valence-electron chi connectivity index (χ2n) is 7.54. The molecule has 0 radical (unpaired) electrons. The topological polar surface area (TPSA) is 60.9 Å². The van der Waals surface area contributed by atoms with Crippen LogP contribution >= 0.6 is 0 Å². The highest BCUT2D eigenvalue weighted by Crippen LogP contribution is 2.24. The van der Waals surface area contributed by atoms with Crippen LogP contribution in [0.4, 0.5) is 5.69 Å². The van der Waals surface area contributed by atoms with Crippen molar-refractivity contribution in [3.8, 4) is 0 Å². The van der Waals surface area contributed by atoms with E-state index in [1.807, 2.05) is 0 Å². The van der Waals surface area contributed by atoms with E-state index in [0.29, 0.717) is 13.0 Å². The number of hydrogen-bond acceptors (Lipinski definition) is 5. The van der Waals surface area contributed by atoms with Crippen LogP contribution in [-0.2, 0) is 14.6 Å². The van der Waals surface area contributed by atoms with Gasteiger partial charge in [-0.25, -0.2) is 8.42 Å². The Morgan fingerprint density at radius 1 is 1.19 bits per heavy atom. The Morgan fingerprint density at radius 2 is 1.88 bits per heavy atom. The first-order chi connectivity index (χ1) is 12.3. The van der Waals surface area contributed by atoms with Crippen LogP contribution < -0.4 is 4.90 Å². The van der Waals surface area contributed by atoms with Crippen molar-refractivity contribution in [2.24, 2.45) is 0 Å². The Kier molecular flexibility index (Phi) is 5.58. The lowest BCUT2D eigenvalue weighted by molar-refractivity contribution is -0.132. The van der Waals surface area contributed by atoms with Gasteiger partial charge < -0.3 is 9.80 Å². The number of nitrogens with zero attached hydrogens (tertiary/aromatic N) is 3. The van der Waals surface area contributed by atoms with E-state index in [0.717, 1.165) is 26.2 Å². The van der Waals surface area contributed by atoms with Crippen molar-refractivity contribution >= 4 is 21.4 Å². The van der Waals surface area contributed by atoms with Crippen molar-refractivity contribution in [3.63, 3.8) is 0 Å². The molecule has 7 heteroatoms. The molecule has 1 aromatic rings. The van der Waals surface area contributed by atoms with E-state index in [-0.39, 0.29) is 23.5 Å². The van der Waals surface area contributed by atoms with E-state index >= 15 is 0 Å². The number of benzene rings is 1. The summed E-state index contributed by atoms with van der Waals surface area (Å²) in [5.74, 6) is 0.326. The number of carbonyl (C=O) groups excluding carboxylic acids is 1. The number of piperazine rings is 1. The molecule has 26 heavy (non-hydrogen) atoms. The normalized spacial score (nSPS) is 23.2. The second kappa shape index (κ2) is 7.56. The van der Waals surface area contributed by atoms with Crippen molar-refractivity contribution in [1.29, 1.82) is 0 Å². The van der Waals surface area contributed by atoms with Gasteiger partial charge >= 0.3 is 0 Å². The van der Waals surface area contributed by atoms with Crippen LogP contribution in [0.15, 0.2) is 18.2 Å². The van der Waals surface area contributed by atoms with Crippen molar-refractivity contribution in [3.05, 3.63) is 29.3 Å². The highest BCUT2D eigenvalue weighted by atomic mass is 32.2. The van der Waals surface area contributed by atoms with E-state index in [2.05, 4.69) is 41.8 Å². The van der Waals surface area contributed by atoms with Gasteiger partial charge in [-0.1, -0.05) is 12.1 Å². The quantitative estimate of drug-likeness (QED) is 0.783. The molecule has 0 aromatic heterocycles. The van der Waals surface area contributed by atoms with Crippen molar-refractivity contribution < 1.29 is 13.2 Å². The van der Waals surface area contributed by atoms with E-state index in [1.165, 1.54) is 16.8 Å². The maximum Gasteiger partial charge on any atom is 0.236 e. The molecule has 2 aliphatic rings. The second-order valence-corrected chi connectivity index (χ2v) is 9.77. The highest BCUT2D eigenvalue weighted by molar-refractivity contribution is 7.91. The third-order valence-electron chi connectivity index (χ3n) is 5.80. The third-order valence-corrected chi connectivity index (χ3v) is 7.55. The summed E-state index contributed by atoms with van der Waals surface area (Å²) in [6.07, 6.45) is 0.561. The molecule has 6 nitrogen and oxygen atoms in total. The minimum atomic E-state index is -2.97. The van der Waals surface area contributed by atoms with E-state index in [1.54, 1.807) is 11.9 Å². The summed E-state index contributed by atoms with van der Waals surface area (Å²) in [4.78, 5) is 18.7. The number of likely N-dealkylation sites (N-methyl/N-ethyl adjacent to an activating group) is 1. The fourth-order valence-electron chi connectivity index (χ4n) is 3.81. The summed E-state index contributed by atoms with van der Waals surface area (Å²) in [5, 5.41) is 0. The SMILES string of the molecule is Cc1cccc(N2CCN(CC(=O)N(C)C3CCS(=O)(=O)C3)CC2)c1C. The average molecular weight is 380 g/mol. The van der Waals surface area contributed by atoms with Crippen LogP contribution in [0.5, 0.6) is 0 Å². The van der Waals surface area contributed by atoms with E-state index < -0.39 is 9.84 Å². The van der Waals surface area contributed by atoms with Crippen molar-refractivity contribution in [1.82, 2.24) is 9.80 Å². The predicted octanol–water partition coefficient (Wildman–Crippen LogP) is 1.07. The van der Waals surface area contributed by atoms with Gasteiger partial charge in [0, 0.05) is 45.0 Å². The molecule has 1 amide bonds. The third kappa shape index (κ3) is 4.20. The summed E-state index contributed by atoms with van der Waals surface area (Å²) in [5.41, 5.74) is 3.90. The Hall–Kier alpha value is -1.60. The zero-order valence-corrected chi connectivity index (χ0v) is 16.8. The van der Waals surface area contributed by atoms with Gasteiger partial charge in [-0.15, -0.1) is 0 Å². The van der Waals surface area contributed by atoms with Gasteiger partial charge in [-0.2, -0.15) is 0 Å². The zero-order chi connectivity index (χ0) is 18.9. The summed E-state index contributed by atoms with van der Waals surface area (Å²) in [7, 11) is -1.23. The number of amides is 1. The maximum atomic E-state index is 12.5. The Bertz CT molecular complexity index is 770. The van der Waals surface area contributed by atoms with Gasteiger partial charge in [0.05, 0.1) is 18.1 Å². The summed E-state index contributed by atoms with van der Waals surface area (Å²) < 4.78 is 23.3. The monoisotopic (exact) mass is 379 g/mol. The first kappa shape index (κ1) is 19.2. The molecule has 1 aromatic carbocycles. The average Bonchev–Trinajstić information content (AvgIpc) is 2.97. The molecule has 2 fully saturated rings. The van der Waals surface area contributed by atoms with Gasteiger partial charge in [0.2, 0.25) is 5.91 Å². The van der Waals surface area contributed by atoms with Gasteiger partial charge in [-0.3, -0.25) is 9.69 Å². The number of carbonyl (C=O) groups is 1. The molecule has 2 saturated heterocycles. The Balaban J connectivity index is 1.52. The summed E-state index contributed by atoms with van der Waals surface area (Å²) in [6, 6.07) is 6.23. The van der Waals surface area contributed by atoms with Crippen LogP contribution in [0, 0.1) is 13.8 Å². The molecule has 0 N–H and O–H groups in total. The molecule has 0 aliphatic carbocycles. The minimum Gasteiger partial charge on any atom is -0.369 e. The minimum absolute atomic E-state index is 0.0206. The number of sulfone groups is 1. The van der Waals surface area contributed by atoms with E-state index in [4.69, 9.17) is 0 Å². The molecular weight excluding hydrogens is 350 g/mol. The highest BCUT2D eigenvalue weighted by Gasteiger charge is 2.33. The smallest absolute Gasteiger partial charge is 0.236 e. The molecular formula is C19H29N3O3S. The van der Waals surface area contributed by atoms with Gasteiger partial charge in [0.25, 0.3) is 0 Å². The van der Waals surface area contributed by atoms with Gasteiger partial charge in [-0.05, 0) is 37.5 Å². The fraction of sp³-hybridized carbons (Fsp3) is 0.632. The lowest BCUT2D eigenvalue weighted by Gasteiger charge is -2.37.